The Kier molecular flexibility index (Phi) is 5.15. The lowest BCUT2D eigenvalue weighted by Gasteiger charge is -2.26. The van der Waals surface area contributed by atoms with Crippen LogP contribution in [-0.4, -0.2) is 32.3 Å². The Labute approximate surface area is 156 Å². The fourth-order valence-corrected chi connectivity index (χ4v) is 2.93. The summed E-state index contributed by atoms with van der Waals surface area (Å²) in [5, 5.41) is 17.9. The van der Waals surface area contributed by atoms with E-state index in [4.69, 9.17) is 9.84 Å². The minimum absolute atomic E-state index is 0.142. The van der Waals surface area contributed by atoms with E-state index in [0.29, 0.717) is 5.52 Å². The SMILES string of the molecule is CCc1ccc(C)c2nn(-c3cc(F)c(OC(C)(C)CCO)c(F)c3)nc12. The van der Waals surface area contributed by atoms with Crippen LogP contribution in [0.1, 0.15) is 38.3 Å². The van der Waals surface area contributed by atoms with Gasteiger partial charge in [-0.15, -0.1) is 10.2 Å². The quantitative estimate of drug-likeness (QED) is 0.704. The van der Waals surface area contributed by atoms with Crippen LogP contribution in [0.4, 0.5) is 8.78 Å². The van der Waals surface area contributed by atoms with E-state index in [1.165, 1.54) is 4.80 Å². The molecular formula is C20H23F2N3O2. The fraction of sp³-hybridized carbons (Fsp3) is 0.400. The molecule has 144 valence electrons. The lowest BCUT2D eigenvalue weighted by Crippen LogP contribution is -2.30. The topological polar surface area (TPSA) is 60.2 Å². The number of hydrogen-bond acceptors (Lipinski definition) is 4. The molecule has 2 aromatic carbocycles. The van der Waals surface area contributed by atoms with Gasteiger partial charge in [0.2, 0.25) is 0 Å². The summed E-state index contributed by atoms with van der Waals surface area (Å²) in [7, 11) is 0. The number of nitrogens with zero attached hydrogens (tertiary/aromatic N) is 3. The highest BCUT2D eigenvalue weighted by Gasteiger charge is 2.24. The number of ether oxygens (including phenoxy) is 1. The molecule has 0 spiro atoms. The molecule has 0 fully saturated rings. The lowest BCUT2D eigenvalue weighted by molar-refractivity contribution is 0.0676. The number of fused-ring (bicyclic) bond motifs is 1. The number of aliphatic hydroxyl groups is 1. The summed E-state index contributed by atoms with van der Waals surface area (Å²) < 4.78 is 34.6. The third kappa shape index (κ3) is 3.78. The van der Waals surface area contributed by atoms with E-state index in [1.54, 1.807) is 13.8 Å². The molecule has 0 saturated carbocycles. The van der Waals surface area contributed by atoms with Gasteiger partial charge in [0.15, 0.2) is 17.4 Å². The Hall–Kier alpha value is -2.54. The normalized spacial score (nSPS) is 12.0. The maximum atomic E-state index is 14.6. The number of aliphatic hydroxyl groups excluding tert-OH is 1. The van der Waals surface area contributed by atoms with Crippen molar-refractivity contribution in [3.05, 3.63) is 47.0 Å². The highest BCUT2D eigenvalue weighted by molar-refractivity contribution is 5.81. The van der Waals surface area contributed by atoms with Gasteiger partial charge >= 0.3 is 0 Å². The highest BCUT2D eigenvalue weighted by atomic mass is 19.1. The number of benzene rings is 2. The van der Waals surface area contributed by atoms with E-state index in [-0.39, 0.29) is 18.7 Å². The van der Waals surface area contributed by atoms with Gasteiger partial charge in [0.25, 0.3) is 0 Å². The van der Waals surface area contributed by atoms with Crippen molar-refractivity contribution in [2.45, 2.75) is 46.1 Å². The summed E-state index contributed by atoms with van der Waals surface area (Å²) in [6, 6.07) is 6.24. The fourth-order valence-electron chi connectivity index (χ4n) is 2.93. The third-order valence-electron chi connectivity index (χ3n) is 4.51. The van der Waals surface area contributed by atoms with Crippen molar-refractivity contribution in [2.75, 3.05) is 6.61 Å². The predicted molar refractivity (Wildman–Crippen MR) is 99.3 cm³/mol. The van der Waals surface area contributed by atoms with E-state index in [0.717, 1.165) is 35.2 Å². The number of hydrogen-bond donors (Lipinski definition) is 1. The highest BCUT2D eigenvalue weighted by Crippen LogP contribution is 2.30. The van der Waals surface area contributed by atoms with Crippen molar-refractivity contribution in [2.24, 2.45) is 0 Å². The van der Waals surface area contributed by atoms with Gasteiger partial charge < -0.3 is 9.84 Å². The van der Waals surface area contributed by atoms with E-state index >= 15 is 0 Å². The van der Waals surface area contributed by atoms with Gasteiger partial charge in [-0.1, -0.05) is 19.1 Å². The number of rotatable bonds is 6. The Morgan fingerprint density at radius 2 is 1.74 bits per heavy atom. The van der Waals surface area contributed by atoms with Crippen LogP contribution in [0.25, 0.3) is 16.7 Å². The molecule has 1 heterocycles. The zero-order chi connectivity index (χ0) is 19.8. The Bertz CT molecular complexity index is 960. The third-order valence-corrected chi connectivity index (χ3v) is 4.51. The molecule has 1 aromatic heterocycles. The van der Waals surface area contributed by atoms with Crippen LogP contribution < -0.4 is 4.74 Å². The second kappa shape index (κ2) is 7.23. The van der Waals surface area contributed by atoms with Gasteiger partial charge in [-0.25, -0.2) is 8.78 Å². The van der Waals surface area contributed by atoms with Crippen LogP contribution in [-0.2, 0) is 6.42 Å². The molecule has 0 saturated heterocycles. The second-order valence-corrected chi connectivity index (χ2v) is 7.16. The van der Waals surface area contributed by atoms with Gasteiger partial charge in [0.05, 0.1) is 5.69 Å². The van der Waals surface area contributed by atoms with E-state index in [1.807, 2.05) is 26.0 Å². The van der Waals surface area contributed by atoms with E-state index in [2.05, 4.69) is 10.2 Å². The average Bonchev–Trinajstić information content (AvgIpc) is 3.04. The molecule has 5 nitrogen and oxygen atoms in total. The maximum absolute atomic E-state index is 14.6. The van der Waals surface area contributed by atoms with E-state index in [9.17, 15) is 8.78 Å². The summed E-state index contributed by atoms with van der Waals surface area (Å²) in [5.74, 6) is -2.16. The largest absolute Gasteiger partial charge is 0.482 e. The molecule has 1 N–H and O–H groups in total. The smallest absolute Gasteiger partial charge is 0.191 e. The molecular weight excluding hydrogens is 352 g/mol. The maximum Gasteiger partial charge on any atom is 0.191 e. The van der Waals surface area contributed by atoms with Crippen LogP contribution in [0.3, 0.4) is 0 Å². The van der Waals surface area contributed by atoms with Crippen LogP contribution in [0.15, 0.2) is 24.3 Å². The molecule has 0 radical (unpaired) electrons. The van der Waals surface area contributed by atoms with Gasteiger partial charge in [0.1, 0.15) is 16.6 Å². The van der Waals surface area contributed by atoms with Crippen molar-refractivity contribution in [1.82, 2.24) is 15.0 Å². The Balaban J connectivity index is 2.04. The molecule has 0 unspecified atom stereocenters. The molecule has 3 rings (SSSR count). The molecule has 0 atom stereocenters. The summed E-state index contributed by atoms with van der Waals surface area (Å²) in [6.07, 6.45) is 1.03. The van der Waals surface area contributed by atoms with Crippen molar-refractivity contribution in [3.8, 4) is 11.4 Å². The number of halogens is 2. The van der Waals surface area contributed by atoms with Crippen LogP contribution in [0, 0.1) is 18.6 Å². The zero-order valence-corrected chi connectivity index (χ0v) is 15.9. The van der Waals surface area contributed by atoms with Crippen molar-refractivity contribution in [1.29, 1.82) is 0 Å². The molecule has 0 aliphatic rings. The first-order valence-electron chi connectivity index (χ1n) is 8.90. The monoisotopic (exact) mass is 375 g/mol. The molecule has 27 heavy (non-hydrogen) atoms. The first-order chi connectivity index (χ1) is 12.8. The first kappa shape index (κ1) is 19.2. The van der Waals surface area contributed by atoms with Gasteiger partial charge in [-0.3, -0.25) is 0 Å². The number of aryl methyl sites for hydroxylation is 2. The minimum Gasteiger partial charge on any atom is -0.482 e. The van der Waals surface area contributed by atoms with Crippen LogP contribution >= 0.6 is 0 Å². The van der Waals surface area contributed by atoms with Crippen molar-refractivity contribution < 1.29 is 18.6 Å². The lowest BCUT2D eigenvalue weighted by atomic mass is 10.1. The molecule has 0 aliphatic heterocycles. The first-order valence-corrected chi connectivity index (χ1v) is 8.90. The second-order valence-electron chi connectivity index (χ2n) is 7.16. The Morgan fingerprint density at radius 1 is 1.11 bits per heavy atom. The van der Waals surface area contributed by atoms with Crippen molar-refractivity contribution >= 4 is 11.0 Å². The number of aromatic nitrogens is 3. The Morgan fingerprint density at radius 3 is 2.33 bits per heavy atom. The predicted octanol–water partition coefficient (Wildman–Crippen LogP) is 4.11. The summed E-state index contributed by atoms with van der Waals surface area (Å²) in [4.78, 5) is 1.24. The molecule has 0 bridgehead atoms. The van der Waals surface area contributed by atoms with Crippen molar-refractivity contribution in [3.63, 3.8) is 0 Å². The average molecular weight is 375 g/mol. The van der Waals surface area contributed by atoms with E-state index < -0.39 is 23.0 Å². The summed E-state index contributed by atoms with van der Waals surface area (Å²) in [6.45, 7) is 7.11. The molecule has 0 aliphatic carbocycles. The molecule has 7 heteroatoms. The molecule has 3 aromatic rings. The van der Waals surface area contributed by atoms with Crippen LogP contribution in [0.2, 0.25) is 0 Å². The van der Waals surface area contributed by atoms with Gasteiger partial charge in [-0.2, -0.15) is 4.80 Å². The van der Waals surface area contributed by atoms with Crippen LogP contribution in [0.5, 0.6) is 5.75 Å². The molecule has 0 amide bonds. The summed E-state index contributed by atoms with van der Waals surface area (Å²) in [5.41, 5.74) is 2.68. The van der Waals surface area contributed by atoms with Gasteiger partial charge in [0, 0.05) is 25.2 Å². The van der Waals surface area contributed by atoms with Gasteiger partial charge in [-0.05, 0) is 38.3 Å². The standard InChI is InChI=1S/C20H23F2N3O2/c1-5-13-7-6-12(2)17-18(13)24-25(23-17)14-10-15(21)19(16(22)11-14)27-20(3,4)8-9-26/h6-7,10-11,26H,5,8-9H2,1-4H3. The zero-order valence-electron chi connectivity index (χ0n) is 15.9. The minimum atomic E-state index is -0.899. The summed E-state index contributed by atoms with van der Waals surface area (Å²) >= 11 is 0.